The van der Waals surface area contributed by atoms with Crippen molar-refractivity contribution in [3.63, 3.8) is 0 Å². The minimum atomic E-state index is -1.10. The molecule has 0 radical (unpaired) electrons. The highest BCUT2D eigenvalue weighted by Gasteiger charge is 2.22. The van der Waals surface area contributed by atoms with Crippen LogP contribution in [0.2, 0.25) is 0 Å². The van der Waals surface area contributed by atoms with Crippen molar-refractivity contribution in [3.05, 3.63) is 58.9 Å². The van der Waals surface area contributed by atoms with E-state index in [1.165, 1.54) is 18.3 Å². The Morgan fingerprint density at radius 3 is 1.85 bits per heavy atom. The minimum Gasteiger partial charge on any atom is -0.477 e. The van der Waals surface area contributed by atoms with E-state index in [2.05, 4.69) is 57.9 Å². The topological polar surface area (TPSA) is 79.3 Å². The number of carboxylic acid groups (broad SMARTS) is 1. The molecule has 1 aromatic heterocycles. The molecule has 1 heterocycles. The number of carboxylic acids is 1. The quantitative estimate of drug-likeness (QED) is 0.842. The van der Waals surface area contributed by atoms with Crippen molar-refractivity contribution < 1.29 is 14.7 Å². The summed E-state index contributed by atoms with van der Waals surface area (Å²) in [6.45, 7) is 12.7. The van der Waals surface area contributed by atoms with Gasteiger partial charge in [0.15, 0.2) is 0 Å². The van der Waals surface area contributed by atoms with Gasteiger partial charge in [-0.3, -0.25) is 4.79 Å². The van der Waals surface area contributed by atoms with Crippen LogP contribution in [0.4, 0.5) is 5.69 Å². The lowest BCUT2D eigenvalue weighted by Crippen LogP contribution is -2.20. The van der Waals surface area contributed by atoms with Gasteiger partial charge in [0.25, 0.3) is 5.91 Å². The number of hydrogen-bond donors (Lipinski definition) is 2. The van der Waals surface area contributed by atoms with Crippen molar-refractivity contribution in [1.29, 1.82) is 0 Å². The maximum Gasteiger partial charge on any atom is 0.354 e. The Bertz CT molecular complexity index is 794. The van der Waals surface area contributed by atoms with Gasteiger partial charge in [-0.25, -0.2) is 9.78 Å². The highest BCUT2D eigenvalue weighted by atomic mass is 16.4. The van der Waals surface area contributed by atoms with Crippen molar-refractivity contribution >= 4 is 17.6 Å². The molecule has 0 fully saturated rings. The number of carbonyl (C=O) groups excluding carboxylic acids is 1. The maximum atomic E-state index is 12.7. The van der Waals surface area contributed by atoms with E-state index in [4.69, 9.17) is 5.11 Å². The molecule has 1 aromatic carbocycles. The first-order valence-electron chi connectivity index (χ1n) is 8.55. The van der Waals surface area contributed by atoms with Gasteiger partial charge in [-0.1, -0.05) is 47.6 Å². The number of amides is 1. The summed E-state index contributed by atoms with van der Waals surface area (Å²) < 4.78 is 0. The third-order valence-corrected chi connectivity index (χ3v) is 4.17. The summed E-state index contributed by atoms with van der Waals surface area (Å²) in [5, 5.41) is 11.7. The van der Waals surface area contributed by atoms with Gasteiger partial charge in [-0.05, 0) is 46.2 Å². The number of aromatic carboxylic acids is 1. The Morgan fingerprint density at radius 2 is 1.46 bits per heavy atom. The lowest BCUT2D eigenvalue weighted by atomic mass is 9.79. The van der Waals surface area contributed by atoms with E-state index in [1.807, 2.05) is 12.1 Å². The Labute approximate surface area is 154 Å². The van der Waals surface area contributed by atoms with Gasteiger partial charge in [0.05, 0.1) is 11.9 Å². The standard InChI is InChI=1S/C21H26N2O3/c1-20(2,3)14-9-13(10-15(11-14)21(4,5)6)18(24)23-16-7-8-17(19(25)26)22-12-16/h7-12H,1-6H3,(H,23,24)(H,25,26). The van der Waals surface area contributed by atoms with Crippen molar-refractivity contribution in [3.8, 4) is 0 Å². The van der Waals surface area contributed by atoms with Crippen LogP contribution in [0.25, 0.3) is 0 Å². The van der Waals surface area contributed by atoms with Crippen molar-refractivity contribution in [2.45, 2.75) is 52.4 Å². The fourth-order valence-electron chi connectivity index (χ4n) is 2.42. The molecule has 138 valence electrons. The van der Waals surface area contributed by atoms with Crippen LogP contribution in [0, 0.1) is 0 Å². The molecule has 2 aromatic rings. The largest absolute Gasteiger partial charge is 0.477 e. The van der Waals surface area contributed by atoms with Gasteiger partial charge in [0.1, 0.15) is 5.69 Å². The third kappa shape index (κ3) is 4.69. The molecule has 0 spiro atoms. The van der Waals surface area contributed by atoms with E-state index in [0.29, 0.717) is 11.3 Å². The molecule has 0 saturated carbocycles. The van der Waals surface area contributed by atoms with Crippen molar-refractivity contribution in [2.24, 2.45) is 0 Å². The predicted molar refractivity (Wildman–Crippen MR) is 103 cm³/mol. The smallest absolute Gasteiger partial charge is 0.354 e. The summed E-state index contributed by atoms with van der Waals surface area (Å²) >= 11 is 0. The molecule has 0 aliphatic heterocycles. The van der Waals surface area contributed by atoms with E-state index >= 15 is 0 Å². The summed E-state index contributed by atoms with van der Waals surface area (Å²) in [6, 6.07) is 8.87. The summed E-state index contributed by atoms with van der Waals surface area (Å²) in [7, 11) is 0. The van der Waals surface area contributed by atoms with Crippen LogP contribution in [0.15, 0.2) is 36.5 Å². The molecule has 0 unspecified atom stereocenters. The van der Waals surface area contributed by atoms with Crippen molar-refractivity contribution in [2.75, 3.05) is 5.32 Å². The SMILES string of the molecule is CC(C)(C)c1cc(C(=O)Nc2ccc(C(=O)O)nc2)cc(C(C)(C)C)c1. The Morgan fingerprint density at radius 1 is 0.923 bits per heavy atom. The second-order valence-corrected chi connectivity index (χ2v) is 8.49. The molecule has 0 atom stereocenters. The van der Waals surface area contributed by atoms with Crippen LogP contribution in [-0.2, 0) is 10.8 Å². The molecule has 0 aliphatic carbocycles. The first-order chi connectivity index (χ1) is 11.9. The highest BCUT2D eigenvalue weighted by molar-refractivity contribution is 6.04. The number of benzene rings is 1. The third-order valence-electron chi connectivity index (χ3n) is 4.17. The van der Waals surface area contributed by atoms with Crippen LogP contribution < -0.4 is 5.32 Å². The normalized spacial score (nSPS) is 11.9. The molecule has 2 N–H and O–H groups in total. The number of rotatable bonds is 3. The zero-order valence-corrected chi connectivity index (χ0v) is 16.2. The fraction of sp³-hybridized carbons (Fsp3) is 0.381. The van der Waals surface area contributed by atoms with Crippen molar-refractivity contribution in [1.82, 2.24) is 4.98 Å². The first-order valence-corrected chi connectivity index (χ1v) is 8.55. The molecule has 5 heteroatoms. The molecule has 0 saturated heterocycles. The number of anilines is 1. The number of hydrogen-bond acceptors (Lipinski definition) is 3. The molecule has 0 bridgehead atoms. The zero-order valence-electron chi connectivity index (χ0n) is 16.2. The Hall–Kier alpha value is -2.69. The van der Waals surface area contributed by atoms with Crippen LogP contribution in [0.1, 0.15) is 73.5 Å². The van der Waals surface area contributed by atoms with E-state index in [9.17, 15) is 9.59 Å². The molecule has 0 aliphatic rings. The van der Waals surface area contributed by atoms with E-state index in [-0.39, 0.29) is 22.4 Å². The number of carbonyl (C=O) groups is 2. The average molecular weight is 354 g/mol. The molecule has 26 heavy (non-hydrogen) atoms. The monoisotopic (exact) mass is 354 g/mol. The van der Waals surface area contributed by atoms with Gasteiger partial charge in [-0.2, -0.15) is 0 Å². The van der Waals surface area contributed by atoms with Crippen LogP contribution in [0.5, 0.6) is 0 Å². The number of nitrogens with zero attached hydrogens (tertiary/aromatic N) is 1. The Balaban J connectivity index is 2.37. The Kier molecular flexibility index (Phi) is 5.21. The second-order valence-electron chi connectivity index (χ2n) is 8.49. The van der Waals surface area contributed by atoms with E-state index in [1.54, 1.807) is 0 Å². The van der Waals surface area contributed by atoms with Gasteiger partial charge >= 0.3 is 5.97 Å². The average Bonchev–Trinajstić information content (AvgIpc) is 2.53. The first kappa shape index (κ1) is 19.6. The summed E-state index contributed by atoms with van der Waals surface area (Å²) in [6.07, 6.45) is 1.35. The molecular formula is C21H26N2O3. The lowest BCUT2D eigenvalue weighted by Gasteiger charge is -2.26. The number of aromatic nitrogens is 1. The van der Waals surface area contributed by atoms with Crippen LogP contribution in [0.3, 0.4) is 0 Å². The van der Waals surface area contributed by atoms with Gasteiger partial charge in [0, 0.05) is 5.56 Å². The van der Waals surface area contributed by atoms with E-state index < -0.39 is 5.97 Å². The van der Waals surface area contributed by atoms with Crippen LogP contribution in [-0.4, -0.2) is 22.0 Å². The summed E-state index contributed by atoms with van der Waals surface area (Å²) in [4.78, 5) is 27.4. The van der Waals surface area contributed by atoms with Crippen LogP contribution >= 0.6 is 0 Å². The zero-order chi connectivity index (χ0) is 19.7. The summed E-state index contributed by atoms with van der Waals surface area (Å²) in [5.41, 5.74) is 2.99. The molecule has 5 nitrogen and oxygen atoms in total. The van der Waals surface area contributed by atoms with Gasteiger partial charge in [0.2, 0.25) is 0 Å². The number of pyridine rings is 1. The maximum absolute atomic E-state index is 12.7. The van der Waals surface area contributed by atoms with E-state index in [0.717, 1.165) is 11.1 Å². The number of nitrogens with one attached hydrogen (secondary N) is 1. The van der Waals surface area contributed by atoms with Gasteiger partial charge < -0.3 is 10.4 Å². The fourth-order valence-corrected chi connectivity index (χ4v) is 2.42. The lowest BCUT2D eigenvalue weighted by molar-refractivity contribution is 0.0690. The molecular weight excluding hydrogens is 328 g/mol. The molecule has 1 amide bonds. The molecule has 2 rings (SSSR count). The highest BCUT2D eigenvalue weighted by Crippen LogP contribution is 2.30. The van der Waals surface area contributed by atoms with Gasteiger partial charge in [-0.15, -0.1) is 0 Å². The summed E-state index contributed by atoms with van der Waals surface area (Å²) in [5.74, 6) is -1.35. The predicted octanol–water partition coefficient (Wildman–Crippen LogP) is 4.63. The minimum absolute atomic E-state index is 0.0623. The second kappa shape index (κ2) is 6.90.